The molecule has 2 heterocycles. The van der Waals surface area contributed by atoms with Gasteiger partial charge in [0, 0.05) is 19.1 Å². The third-order valence-corrected chi connectivity index (χ3v) is 2.96. The summed E-state index contributed by atoms with van der Waals surface area (Å²) >= 11 is 0. The highest BCUT2D eigenvalue weighted by atomic mass is 16.6. The second-order valence-electron chi connectivity index (χ2n) is 4.21. The average Bonchev–Trinajstić information content (AvgIpc) is 2.74. The first kappa shape index (κ1) is 10.3. The Bertz CT molecular complexity index is 460. The molecule has 0 unspecified atom stereocenters. The standard InChI is InChI=1S/C12H14N4O/c1-2-4-9(5-3-1)6-10-7-14-12-11(8-13-10)15-17-16-12/h1-5,10,13H,6-8H2,(H,14,16)/t10-/m0/s1. The molecule has 1 aromatic carbocycles. The van der Waals surface area contributed by atoms with Gasteiger partial charge in [-0.3, -0.25) is 0 Å². The SMILES string of the molecule is c1ccc(C[C@H]2CNc3nonc3CN2)cc1. The summed E-state index contributed by atoms with van der Waals surface area (Å²) < 4.78 is 4.67. The Labute approximate surface area is 99.2 Å². The van der Waals surface area contributed by atoms with Crippen molar-refractivity contribution in [2.75, 3.05) is 11.9 Å². The molecule has 88 valence electrons. The largest absolute Gasteiger partial charge is 0.364 e. The van der Waals surface area contributed by atoms with Gasteiger partial charge in [0.15, 0.2) is 5.82 Å². The van der Waals surface area contributed by atoms with Crippen LogP contribution < -0.4 is 10.6 Å². The highest BCUT2D eigenvalue weighted by Crippen LogP contribution is 2.14. The lowest BCUT2D eigenvalue weighted by Gasteiger charge is -2.15. The Hall–Kier alpha value is -1.88. The maximum Gasteiger partial charge on any atom is 0.195 e. The number of benzene rings is 1. The van der Waals surface area contributed by atoms with Gasteiger partial charge in [-0.15, -0.1) is 0 Å². The molecule has 1 aromatic heterocycles. The number of nitrogens with zero attached hydrogens (tertiary/aromatic N) is 2. The lowest BCUT2D eigenvalue weighted by Crippen LogP contribution is -2.34. The fourth-order valence-electron chi connectivity index (χ4n) is 2.03. The smallest absolute Gasteiger partial charge is 0.195 e. The molecule has 5 heteroatoms. The Balaban J connectivity index is 1.66. The number of aromatic nitrogens is 2. The fourth-order valence-corrected chi connectivity index (χ4v) is 2.03. The summed E-state index contributed by atoms with van der Waals surface area (Å²) in [6.45, 7) is 1.53. The first-order valence-electron chi connectivity index (χ1n) is 5.74. The number of fused-ring (bicyclic) bond motifs is 1. The van der Waals surface area contributed by atoms with Crippen molar-refractivity contribution in [2.45, 2.75) is 19.0 Å². The first-order chi connectivity index (χ1) is 8.42. The van der Waals surface area contributed by atoms with Crippen molar-refractivity contribution in [1.29, 1.82) is 0 Å². The third kappa shape index (κ3) is 2.29. The molecule has 0 radical (unpaired) electrons. The van der Waals surface area contributed by atoms with E-state index < -0.39 is 0 Å². The Morgan fingerprint density at radius 3 is 3.00 bits per heavy atom. The lowest BCUT2D eigenvalue weighted by atomic mass is 10.1. The topological polar surface area (TPSA) is 63.0 Å². The molecule has 0 fully saturated rings. The van der Waals surface area contributed by atoms with Crippen LogP contribution in [0, 0.1) is 0 Å². The fraction of sp³-hybridized carbons (Fsp3) is 0.333. The predicted molar refractivity (Wildman–Crippen MR) is 63.6 cm³/mol. The summed E-state index contributed by atoms with van der Waals surface area (Å²) in [4.78, 5) is 0. The molecule has 2 N–H and O–H groups in total. The van der Waals surface area contributed by atoms with Crippen LogP contribution in [0.25, 0.3) is 0 Å². The summed E-state index contributed by atoms with van der Waals surface area (Å²) in [7, 11) is 0. The molecule has 0 saturated carbocycles. The van der Waals surface area contributed by atoms with Crippen LogP contribution >= 0.6 is 0 Å². The van der Waals surface area contributed by atoms with Gasteiger partial charge in [0.25, 0.3) is 0 Å². The van der Waals surface area contributed by atoms with E-state index in [1.54, 1.807) is 0 Å². The van der Waals surface area contributed by atoms with Crippen molar-refractivity contribution in [3.63, 3.8) is 0 Å². The van der Waals surface area contributed by atoms with Gasteiger partial charge in [0.05, 0.1) is 0 Å². The van der Waals surface area contributed by atoms with Crippen LogP contribution in [0.5, 0.6) is 0 Å². The minimum absolute atomic E-state index is 0.383. The zero-order chi connectivity index (χ0) is 11.5. The second-order valence-corrected chi connectivity index (χ2v) is 4.21. The summed E-state index contributed by atoms with van der Waals surface area (Å²) in [5, 5.41) is 14.4. The van der Waals surface area contributed by atoms with E-state index in [0.29, 0.717) is 12.6 Å². The van der Waals surface area contributed by atoms with Crippen LogP contribution in [-0.2, 0) is 13.0 Å². The molecule has 0 bridgehead atoms. The van der Waals surface area contributed by atoms with Crippen LogP contribution in [0.3, 0.4) is 0 Å². The maximum atomic E-state index is 4.67. The molecule has 2 aromatic rings. The van der Waals surface area contributed by atoms with Gasteiger partial charge < -0.3 is 10.6 Å². The molecule has 17 heavy (non-hydrogen) atoms. The Kier molecular flexibility index (Phi) is 2.75. The molecule has 1 aliphatic rings. The summed E-state index contributed by atoms with van der Waals surface area (Å²) in [5.74, 6) is 0.757. The van der Waals surface area contributed by atoms with Crippen molar-refractivity contribution < 1.29 is 4.63 Å². The Morgan fingerprint density at radius 2 is 2.12 bits per heavy atom. The number of nitrogens with one attached hydrogen (secondary N) is 2. The van der Waals surface area contributed by atoms with Crippen LogP contribution in [0.4, 0.5) is 5.82 Å². The van der Waals surface area contributed by atoms with E-state index >= 15 is 0 Å². The quantitative estimate of drug-likeness (QED) is 0.811. The zero-order valence-electron chi connectivity index (χ0n) is 9.39. The average molecular weight is 230 g/mol. The van der Waals surface area contributed by atoms with E-state index in [1.807, 2.05) is 6.07 Å². The summed E-state index contributed by atoms with van der Waals surface area (Å²) in [6, 6.07) is 10.8. The van der Waals surface area contributed by atoms with E-state index in [4.69, 9.17) is 0 Å². The van der Waals surface area contributed by atoms with Gasteiger partial charge in [-0.2, -0.15) is 0 Å². The lowest BCUT2D eigenvalue weighted by molar-refractivity contribution is 0.301. The molecule has 5 nitrogen and oxygen atoms in total. The zero-order valence-corrected chi connectivity index (χ0v) is 9.39. The molecular formula is C12H14N4O. The maximum absolute atomic E-state index is 4.67. The van der Waals surface area contributed by atoms with Gasteiger partial charge in [-0.05, 0) is 17.1 Å². The second kappa shape index (κ2) is 4.55. The van der Waals surface area contributed by atoms with Gasteiger partial charge in [-0.25, -0.2) is 4.63 Å². The number of hydrogen-bond acceptors (Lipinski definition) is 5. The first-order valence-corrected chi connectivity index (χ1v) is 5.74. The van der Waals surface area contributed by atoms with Crippen LogP contribution in [0.2, 0.25) is 0 Å². The van der Waals surface area contributed by atoms with E-state index in [-0.39, 0.29) is 0 Å². The van der Waals surface area contributed by atoms with Crippen LogP contribution in [0.1, 0.15) is 11.3 Å². The van der Waals surface area contributed by atoms with E-state index in [9.17, 15) is 0 Å². The molecule has 3 rings (SSSR count). The Morgan fingerprint density at radius 1 is 1.24 bits per heavy atom. The van der Waals surface area contributed by atoms with Crippen molar-refractivity contribution >= 4 is 5.82 Å². The predicted octanol–water partition coefficient (Wildman–Crippen LogP) is 1.20. The highest BCUT2D eigenvalue weighted by molar-refractivity contribution is 5.39. The van der Waals surface area contributed by atoms with Gasteiger partial charge in [0.1, 0.15) is 5.69 Å². The third-order valence-electron chi connectivity index (χ3n) is 2.96. The van der Waals surface area contributed by atoms with Crippen molar-refractivity contribution in [3.05, 3.63) is 41.6 Å². The molecule has 0 amide bonds. The van der Waals surface area contributed by atoms with Gasteiger partial charge in [0.2, 0.25) is 0 Å². The van der Waals surface area contributed by atoms with Crippen molar-refractivity contribution in [1.82, 2.24) is 15.6 Å². The number of rotatable bonds is 2. The van der Waals surface area contributed by atoms with E-state index in [1.165, 1.54) is 5.56 Å². The molecule has 0 aliphatic carbocycles. The molecule has 0 spiro atoms. The van der Waals surface area contributed by atoms with Crippen molar-refractivity contribution in [2.24, 2.45) is 0 Å². The summed E-state index contributed by atoms with van der Waals surface area (Å²) in [6.07, 6.45) is 0.995. The molecule has 1 atom stereocenters. The number of anilines is 1. The summed E-state index contributed by atoms with van der Waals surface area (Å²) in [5.41, 5.74) is 2.18. The molecule has 1 aliphatic heterocycles. The normalized spacial score (nSPS) is 19.2. The number of hydrogen-bond donors (Lipinski definition) is 2. The minimum atomic E-state index is 0.383. The van der Waals surface area contributed by atoms with Gasteiger partial charge in [-0.1, -0.05) is 35.5 Å². The monoisotopic (exact) mass is 230 g/mol. The molecule has 0 saturated heterocycles. The van der Waals surface area contributed by atoms with E-state index in [0.717, 1.165) is 24.5 Å². The minimum Gasteiger partial charge on any atom is -0.364 e. The van der Waals surface area contributed by atoms with E-state index in [2.05, 4.69) is 49.8 Å². The highest BCUT2D eigenvalue weighted by Gasteiger charge is 2.18. The van der Waals surface area contributed by atoms with Crippen LogP contribution in [-0.4, -0.2) is 22.9 Å². The molecular weight excluding hydrogens is 216 g/mol. The van der Waals surface area contributed by atoms with Crippen molar-refractivity contribution in [3.8, 4) is 0 Å². The van der Waals surface area contributed by atoms with Crippen LogP contribution in [0.15, 0.2) is 35.0 Å². The van der Waals surface area contributed by atoms with Gasteiger partial charge >= 0.3 is 0 Å².